The fourth-order valence-corrected chi connectivity index (χ4v) is 15.2. The molecule has 1 saturated heterocycles. The molecule has 0 aromatic heterocycles. The van der Waals surface area contributed by atoms with Crippen LogP contribution in [-0.4, -0.2) is 259 Å². The topological polar surface area (TPSA) is 534 Å². The van der Waals surface area contributed by atoms with E-state index in [0.717, 1.165) is 5.56 Å². The number of hydrogen-bond acceptors (Lipinski definition) is 24. The van der Waals surface area contributed by atoms with Crippen LogP contribution in [-0.2, 0) is 120 Å². The number of carbonyl (C=O) groups excluding carboxylic acids is 13. The van der Waals surface area contributed by atoms with E-state index in [1.165, 1.54) is 26.2 Å². The van der Waals surface area contributed by atoms with E-state index in [9.17, 15) is 96.8 Å². The van der Waals surface area contributed by atoms with E-state index in [1.807, 2.05) is 58.0 Å². The molecule has 0 bridgehead atoms. The third-order valence-corrected chi connectivity index (χ3v) is 22.5. The fraction of sp³-hybridized carbons (Fsp3) is 0.667. The molecule has 12 N–H and O–H groups in total. The highest BCUT2D eigenvalue weighted by atomic mass is 16.6. The lowest BCUT2D eigenvalue weighted by molar-refractivity contribution is -0.149. The highest BCUT2D eigenvalue weighted by molar-refractivity contribution is 5.96. The van der Waals surface area contributed by atoms with Gasteiger partial charge in [0.1, 0.15) is 25.0 Å². The Morgan fingerprint density at radius 1 is 0.581 bits per heavy atom. The second-order valence-corrected chi connectivity index (χ2v) is 32.7. The molecule has 1 fully saturated rings. The van der Waals surface area contributed by atoms with Crippen molar-refractivity contribution in [3.8, 4) is 0 Å². The SMILES string of the molecule is CC[C@H](C)[C@@H]([C@@H](CC(=O)N1CCC[C@H]1[C@H](OC)[C@@H](C)C(=O)C[C@@H](Cc1ccccc1)C(=O)O)OC)N(C)C(=O)[C@@H](CC(=O)[C@H](C(C)C)N(C)C(=O)OCc1ccc(CC(=O)[C@H](CCCCC(=O)O)NC(=O)[C@@H](CC(=O)C(CCC(=O)NCCOCCC(=O)NCCCC[C@H](NC(=O)N[C@@H](CCC(=O)O)OC=O)C(=O)O)NC(=O)CON)C(C)C)cc1)C(C)C. The second kappa shape index (κ2) is 57.2. The molecule has 14 atom stereocenters. The van der Waals surface area contributed by atoms with Crippen LogP contribution in [0.25, 0.3) is 0 Å². The first kappa shape index (κ1) is 108. The van der Waals surface area contributed by atoms with Crippen LogP contribution in [0.4, 0.5) is 9.59 Å². The molecule has 37 heteroatoms. The van der Waals surface area contributed by atoms with Gasteiger partial charge in [-0.15, -0.1) is 0 Å². The molecule has 1 unspecified atom stereocenters. The molecule has 1 heterocycles. The van der Waals surface area contributed by atoms with Crippen LogP contribution in [0.15, 0.2) is 54.6 Å². The van der Waals surface area contributed by atoms with Crippen LogP contribution in [0, 0.1) is 47.3 Å². The monoisotopic (exact) mass is 1750 g/mol. The Labute approximate surface area is 725 Å². The number of likely N-dealkylation sites (tertiary alicyclic amines) is 1. The first-order valence-corrected chi connectivity index (χ1v) is 42.6. The maximum absolute atomic E-state index is 15.0. The number of hydrogen-bond donors (Lipinski definition) is 11. The number of nitrogens with zero attached hydrogens (tertiary/aromatic N) is 3. The zero-order valence-electron chi connectivity index (χ0n) is 74.0. The Hall–Kier alpha value is -10.4. The highest BCUT2D eigenvalue weighted by Crippen LogP contribution is 2.33. The van der Waals surface area contributed by atoms with Crippen molar-refractivity contribution < 1.29 is 130 Å². The molecule has 694 valence electrons. The molecule has 2 aromatic carbocycles. The lowest BCUT2D eigenvalue weighted by atomic mass is 9.83. The van der Waals surface area contributed by atoms with E-state index in [0.29, 0.717) is 43.4 Å². The largest absolute Gasteiger partial charge is 0.481 e. The Kier molecular flexibility index (Phi) is 49.7. The molecule has 0 radical (unpaired) electrons. The summed E-state index contributed by atoms with van der Waals surface area (Å²) < 4.78 is 28.0. The van der Waals surface area contributed by atoms with Crippen molar-refractivity contribution in [1.82, 2.24) is 46.6 Å². The molecule has 37 nitrogen and oxygen atoms in total. The Morgan fingerprint density at radius 3 is 1.78 bits per heavy atom. The average molecular weight is 1750 g/mol. The zero-order valence-corrected chi connectivity index (χ0v) is 74.0. The summed E-state index contributed by atoms with van der Waals surface area (Å²) in [7, 11) is 6.03. The van der Waals surface area contributed by atoms with Gasteiger partial charge in [-0.2, -0.15) is 0 Å². The zero-order chi connectivity index (χ0) is 92.9. The Balaban J connectivity index is 1.63. The Bertz CT molecular complexity index is 3790. The number of unbranched alkanes of at least 4 members (excludes halogenated alkanes) is 2. The molecule has 0 aliphatic carbocycles. The summed E-state index contributed by atoms with van der Waals surface area (Å²) in [6.45, 7) is 15.8. The first-order chi connectivity index (χ1) is 58.7. The minimum atomic E-state index is -1.36. The lowest BCUT2D eigenvalue weighted by Crippen LogP contribution is -2.54. The van der Waals surface area contributed by atoms with Crippen molar-refractivity contribution >= 4 is 101 Å². The van der Waals surface area contributed by atoms with E-state index in [1.54, 1.807) is 75.7 Å². The number of methoxy groups -OCH3 is 2. The van der Waals surface area contributed by atoms with Gasteiger partial charge >= 0.3 is 36.0 Å². The number of carbonyl (C=O) groups is 17. The number of Topliss-reactive ketones (excluding diaryl/α,β-unsaturated/α-hetero) is 4. The van der Waals surface area contributed by atoms with Crippen molar-refractivity contribution in [2.75, 3.05) is 67.8 Å². The minimum absolute atomic E-state index is 0.0109. The number of amides is 9. The summed E-state index contributed by atoms with van der Waals surface area (Å²) in [4.78, 5) is 231. The van der Waals surface area contributed by atoms with E-state index in [-0.39, 0.29) is 171 Å². The van der Waals surface area contributed by atoms with Crippen LogP contribution in [0.3, 0.4) is 0 Å². The summed E-state index contributed by atoms with van der Waals surface area (Å²) in [5, 5.41) is 52.9. The molecule has 1 aliphatic heterocycles. The van der Waals surface area contributed by atoms with Crippen molar-refractivity contribution in [3.63, 3.8) is 0 Å². The van der Waals surface area contributed by atoms with Gasteiger partial charge in [0.05, 0.1) is 74.4 Å². The van der Waals surface area contributed by atoms with Crippen molar-refractivity contribution in [2.24, 2.45) is 53.2 Å². The number of benzene rings is 2. The summed E-state index contributed by atoms with van der Waals surface area (Å²) in [5.41, 5.74) is 1.80. The third kappa shape index (κ3) is 38.4. The van der Waals surface area contributed by atoms with Gasteiger partial charge in [0.15, 0.2) is 23.6 Å². The average Bonchev–Trinajstić information content (AvgIpc) is 1.53. The van der Waals surface area contributed by atoms with E-state index in [4.69, 9.17) is 30.0 Å². The van der Waals surface area contributed by atoms with Gasteiger partial charge < -0.3 is 90.7 Å². The fourth-order valence-electron chi connectivity index (χ4n) is 15.2. The number of rotatable bonds is 64. The second-order valence-electron chi connectivity index (χ2n) is 32.7. The molecular weight excluding hydrogens is 1620 g/mol. The quantitative estimate of drug-likeness (QED) is 0.0159. The molecule has 0 saturated carbocycles. The molecule has 2 aromatic rings. The number of ketones is 4. The van der Waals surface area contributed by atoms with Crippen molar-refractivity contribution in [1.29, 1.82) is 0 Å². The normalized spacial score (nSPS) is 15.8. The summed E-state index contributed by atoms with van der Waals surface area (Å²) in [6, 6.07) is 8.60. The van der Waals surface area contributed by atoms with Gasteiger partial charge in [-0.25, -0.2) is 20.3 Å². The van der Waals surface area contributed by atoms with Gasteiger partial charge in [-0.3, -0.25) is 72.0 Å². The lowest BCUT2D eigenvalue weighted by Gasteiger charge is -2.41. The maximum atomic E-state index is 15.0. The molecule has 124 heavy (non-hydrogen) atoms. The molecular formula is C87H134N10O27. The van der Waals surface area contributed by atoms with Crippen molar-refractivity contribution in [3.05, 3.63) is 71.3 Å². The van der Waals surface area contributed by atoms with Crippen LogP contribution < -0.4 is 37.8 Å². The number of urea groups is 1. The maximum Gasteiger partial charge on any atom is 0.410 e. The number of ether oxygens (including phenoxy) is 5. The molecule has 1 aliphatic rings. The summed E-state index contributed by atoms with van der Waals surface area (Å²) in [6.07, 6.45) is -3.51. The third-order valence-electron chi connectivity index (χ3n) is 22.5. The molecule has 9 amide bonds. The van der Waals surface area contributed by atoms with Crippen LogP contribution in [0.2, 0.25) is 0 Å². The predicted octanol–water partition coefficient (Wildman–Crippen LogP) is 5.89. The summed E-state index contributed by atoms with van der Waals surface area (Å²) >= 11 is 0. The number of carboxylic acid groups (broad SMARTS) is 4. The molecule has 3 rings (SSSR count). The van der Waals surface area contributed by atoms with Crippen LogP contribution >= 0.6 is 0 Å². The smallest absolute Gasteiger partial charge is 0.410 e. The first-order valence-electron chi connectivity index (χ1n) is 42.6. The van der Waals surface area contributed by atoms with Gasteiger partial charge in [-0.05, 0) is 98.1 Å². The van der Waals surface area contributed by atoms with E-state index >= 15 is 0 Å². The van der Waals surface area contributed by atoms with Crippen LogP contribution in [0.1, 0.15) is 201 Å². The minimum Gasteiger partial charge on any atom is -0.481 e. The van der Waals surface area contributed by atoms with Crippen LogP contribution in [0.5, 0.6) is 0 Å². The van der Waals surface area contributed by atoms with Gasteiger partial charge in [0.25, 0.3) is 6.47 Å². The van der Waals surface area contributed by atoms with Crippen molar-refractivity contribution in [2.45, 2.75) is 258 Å². The summed E-state index contributed by atoms with van der Waals surface area (Å²) in [5.74, 6) is -9.55. The number of carboxylic acids is 4. The highest BCUT2D eigenvalue weighted by Gasteiger charge is 2.45. The standard InChI is InChI=1S/C87H134N10O27/c1-14-55(8)80(71(119-12)48-76(106)97-40-22-27-66(97)81(120-13)56(9)67(99)45-60(84(113)114)43-57-23-16-15-17-24-57)95(10)83(112)62(53(4)5)47-70(102)79(54(6)7)96(11)87(118)122-49-59-31-29-58(30-32-59)44-68(100)63(25-18-19-28-77(107)108)92-82(111)61(52(2)3)46-69(101)64(91-74(105)50-124-88)33-34-72(103)90-39-42-121-41-37-73(104)89-38-21-20-26-65(85(115)116)93-86(117)94-75(123-51-98)35-36-78(109)110/h15-17,23-24,29-32,51-56,60-66,71,75,79-81H,14,18-22,25-28,33-50,88H2,1-13H3,(H,89,104)(H,90,103)(H,91,105)(H,92,111)(H,107,108)(H,109,110)(H,113,114)(H,115,116)(H2,93,94,117)/t55-,56-,60+,61-,62-,63-,64?,65-,66-,71+,75+,79-,80-,81+/m0/s1. The van der Waals surface area contributed by atoms with Gasteiger partial charge in [-0.1, -0.05) is 130 Å². The Morgan fingerprint density at radius 2 is 1.19 bits per heavy atom. The number of nitrogens with one attached hydrogen (secondary N) is 6. The van der Waals surface area contributed by atoms with E-state index in [2.05, 4.69) is 41.5 Å². The molecule has 0 spiro atoms. The van der Waals surface area contributed by atoms with Gasteiger partial charge in [0.2, 0.25) is 35.4 Å². The number of likely N-dealkylation sites (N-methyl/N-ethyl adjacent to an activating group) is 2. The number of aliphatic carboxylic acids is 4. The predicted molar refractivity (Wildman–Crippen MR) is 450 cm³/mol. The number of nitrogens with two attached hydrogens (primary N) is 1. The van der Waals surface area contributed by atoms with E-state index < -0.39 is 181 Å². The van der Waals surface area contributed by atoms with Gasteiger partial charge in [0, 0.05) is 117 Å².